The van der Waals surface area contributed by atoms with Gasteiger partial charge in [-0.15, -0.1) is 0 Å². The molecule has 1 rings (SSSR count). The number of rotatable bonds is 3. The van der Waals surface area contributed by atoms with E-state index in [0.717, 1.165) is 6.42 Å². The lowest BCUT2D eigenvalue weighted by Gasteiger charge is -1.87. The lowest BCUT2D eigenvalue weighted by molar-refractivity contribution is 0.377. The SMILES string of the molecule is NCCCc1nc(N)no1. The molecule has 0 aromatic carbocycles. The molecule has 5 heteroatoms. The van der Waals surface area contributed by atoms with Crippen LogP contribution in [0.15, 0.2) is 4.52 Å². The fourth-order valence-electron chi connectivity index (χ4n) is 0.623. The molecule has 0 fully saturated rings. The molecule has 56 valence electrons. The molecule has 0 bridgehead atoms. The highest BCUT2D eigenvalue weighted by atomic mass is 16.5. The highest BCUT2D eigenvalue weighted by molar-refractivity contribution is 5.10. The Morgan fingerprint density at radius 3 is 2.80 bits per heavy atom. The van der Waals surface area contributed by atoms with Gasteiger partial charge in [-0.1, -0.05) is 0 Å². The van der Waals surface area contributed by atoms with E-state index in [-0.39, 0.29) is 5.95 Å². The summed E-state index contributed by atoms with van der Waals surface area (Å²) >= 11 is 0. The van der Waals surface area contributed by atoms with Gasteiger partial charge in [-0.25, -0.2) is 0 Å². The number of anilines is 1. The number of nitrogen functional groups attached to an aromatic ring is 1. The van der Waals surface area contributed by atoms with Crippen molar-refractivity contribution in [1.29, 1.82) is 0 Å². The molecule has 5 nitrogen and oxygen atoms in total. The number of nitrogens with zero attached hydrogens (tertiary/aromatic N) is 2. The van der Waals surface area contributed by atoms with Crippen molar-refractivity contribution < 1.29 is 4.52 Å². The molecule has 0 radical (unpaired) electrons. The molecule has 4 N–H and O–H groups in total. The molecule has 0 saturated carbocycles. The zero-order valence-electron chi connectivity index (χ0n) is 5.58. The largest absolute Gasteiger partial charge is 0.365 e. The minimum atomic E-state index is 0.187. The molecule has 0 aliphatic rings. The maximum Gasteiger partial charge on any atom is 0.260 e. The molecule has 0 unspecified atom stereocenters. The molecule has 1 aromatic heterocycles. The average molecular weight is 142 g/mol. The van der Waals surface area contributed by atoms with Crippen LogP contribution in [0.25, 0.3) is 0 Å². The van der Waals surface area contributed by atoms with Crippen LogP contribution in [0.1, 0.15) is 12.3 Å². The quantitative estimate of drug-likeness (QED) is 0.596. The van der Waals surface area contributed by atoms with Gasteiger partial charge in [0.1, 0.15) is 0 Å². The fourth-order valence-corrected chi connectivity index (χ4v) is 0.623. The summed E-state index contributed by atoms with van der Waals surface area (Å²) in [5.41, 5.74) is 10.5. The third-order valence-electron chi connectivity index (χ3n) is 1.08. The molecule has 0 spiro atoms. The Kier molecular flexibility index (Phi) is 2.22. The Balaban J connectivity index is 2.42. The van der Waals surface area contributed by atoms with Crippen molar-refractivity contribution in [1.82, 2.24) is 10.1 Å². The predicted molar refractivity (Wildman–Crippen MR) is 36.1 cm³/mol. The number of aromatic nitrogens is 2. The third-order valence-corrected chi connectivity index (χ3v) is 1.08. The second-order valence-electron chi connectivity index (χ2n) is 1.94. The van der Waals surface area contributed by atoms with Crippen LogP contribution in [0.5, 0.6) is 0 Å². The van der Waals surface area contributed by atoms with E-state index in [9.17, 15) is 0 Å². The summed E-state index contributed by atoms with van der Waals surface area (Å²) in [6, 6.07) is 0. The zero-order valence-corrected chi connectivity index (χ0v) is 5.58. The summed E-state index contributed by atoms with van der Waals surface area (Å²) in [4.78, 5) is 3.79. The van der Waals surface area contributed by atoms with Gasteiger partial charge in [0.2, 0.25) is 5.89 Å². The van der Waals surface area contributed by atoms with Gasteiger partial charge >= 0.3 is 0 Å². The van der Waals surface area contributed by atoms with Gasteiger partial charge in [-0.3, -0.25) is 0 Å². The van der Waals surface area contributed by atoms with Crippen LogP contribution in [0.2, 0.25) is 0 Å². The zero-order chi connectivity index (χ0) is 7.40. The highest BCUT2D eigenvalue weighted by Gasteiger charge is 2.00. The van der Waals surface area contributed by atoms with Crippen molar-refractivity contribution in [2.24, 2.45) is 5.73 Å². The van der Waals surface area contributed by atoms with Crippen LogP contribution >= 0.6 is 0 Å². The summed E-state index contributed by atoms with van der Waals surface area (Å²) in [6.45, 7) is 0.627. The molecule has 0 atom stereocenters. The van der Waals surface area contributed by atoms with Crippen molar-refractivity contribution in [3.05, 3.63) is 5.89 Å². The first-order valence-electron chi connectivity index (χ1n) is 3.11. The predicted octanol–water partition coefficient (Wildman–Crippen LogP) is -0.457. The second kappa shape index (κ2) is 3.17. The minimum Gasteiger partial charge on any atom is -0.365 e. The van der Waals surface area contributed by atoms with E-state index < -0.39 is 0 Å². The van der Waals surface area contributed by atoms with E-state index in [1.54, 1.807) is 0 Å². The van der Waals surface area contributed by atoms with Crippen LogP contribution in [-0.4, -0.2) is 16.7 Å². The van der Waals surface area contributed by atoms with Gasteiger partial charge in [-0.05, 0) is 18.1 Å². The van der Waals surface area contributed by atoms with E-state index >= 15 is 0 Å². The molecule has 0 amide bonds. The summed E-state index contributed by atoms with van der Waals surface area (Å²) in [5.74, 6) is 0.745. The standard InChI is InChI=1S/C5H10N4O/c6-3-1-2-4-8-5(7)9-10-4/h1-3,6H2,(H2,7,9). The minimum absolute atomic E-state index is 0.187. The van der Waals surface area contributed by atoms with Crippen molar-refractivity contribution in [2.45, 2.75) is 12.8 Å². The summed E-state index contributed by atoms with van der Waals surface area (Å²) in [6.07, 6.45) is 1.56. The van der Waals surface area contributed by atoms with E-state index in [0.29, 0.717) is 18.9 Å². The summed E-state index contributed by atoms with van der Waals surface area (Å²) in [7, 11) is 0. The van der Waals surface area contributed by atoms with Crippen LogP contribution < -0.4 is 11.5 Å². The number of aryl methyl sites for hydroxylation is 1. The Morgan fingerprint density at radius 2 is 2.30 bits per heavy atom. The first-order chi connectivity index (χ1) is 4.83. The van der Waals surface area contributed by atoms with Gasteiger partial charge in [0.05, 0.1) is 0 Å². The number of hydrogen-bond donors (Lipinski definition) is 2. The summed E-state index contributed by atoms with van der Waals surface area (Å²) in [5, 5.41) is 3.42. The fraction of sp³-hybridized carbons (Fsp3) is 0.600. The molecular formula is C5H10N4O. The van der Waals surface area contributed by atoms with Gasteiger partial charge in [0, 0.05) is 6.42 Å². The smallest absolute Gasteiger partial charge is 0.260 e. The Labute approximate surface area is 58.4 Å². The van der Waals surface area contributed by atoms with E-state index in [4.69, 9.17) is 16.0 Å². The Bertz CT molecular complexity index is 197. The van der Waals surface area contributed by atoms with Gasteiger partial charge in [0.25, 0.3) is 5.95 Å². The molecule has 1 aromatic rings. The lowest BCUT2D eigenvalue weighted by Crippen LogP contribution is -2.00. The second-order valence-corrected chi connectivity index (χ2v) is 1.94. The van der Waals surface area contributed by atoms with Gasteiger partial charge in [0.15, 0.2) is 0 Å². The lowest BCUT2D eigenvalue weighted by atomic mass is 10.3. The third kappa shape index (κ3) is 1.70. The van der Waals surface area contributed by atoms with E-state index in [1.165, 1.54) is 0 Å². The maximum absolute atomic E-state index is 5.26. The van der Waals surface area contributed by atoms with E-state index in [2.05, 4.69) is 10.1 Å². The first-order valence-corrected chi connectivity index (χ1v) is 3.11. The maximum atomic E-state index is 5.26. The highest BCUT2D eigenvalue weighted by Crippen LogP contribution is 1.99. The summed E-state index contributed by atoms with van der Waals surface area (Å²) < 4.78 is 4.72. The van der Waals surface area contributed by atoms with Crippen LogP contribution in [-0.2, 0) is 6.42 Å². The van der Waals surface area contributed by atoms with Crippen LogP contribution in [0, 0.1) is 0 Å². The molecular weight excluding hydrogens is 132 g/mol. The Morgan fingerprint density at radius 1 is 1.50 bits per heavy atom. The average Bonchev–Trinajstić information content (AvgIpc) is 2.31. The van der Waals surface area contributed by atoms with Gasteiger partial charge < -0.3 is 16.0 Å². The number of nitrogens with two attached hydrogens (primary N) is 2. The topological polar surface area (TPSA) is 91.0 Å². The monoisotopic (exact) mass is 142 g/mol. The molecule has 0 saturated heterocycles. The molecule has 0 aliphatic carbocycles. The van der Waals surface area contributed by atoms with Crippen molar-refractivity contribution in [3.63, 3.8) is 0 Å². The molecule has 10 heavy (non-hydrogen) atoms. The van der Waals surface area contributed by atoms with Gasteiger partial charge in [-0.2, -0.15) is 4.98 Å². The molecule has 0 aliphatic heterocycles. The van der Waals surface area contributed by atoms with Crippen LogP contribution in [0.3, 0.4) is 0 Å². The number of hydrogen-bond acceptors (Lipinski definition) is 5. The van der Waals surface area contributed by atoms with E-state index in [1.807, 2.05) is 0 Å². The normalized spacial score (nSPS) is 10.1. The first kappa shape index (κ1) is 7.01. The molecule has 1 heterocycles. The van der Waals surface area contributed by atoms with Crippen LogP contribution in [0.4, 0.5) is 5.95 Å². The van der Waals surface area contributed by atoms with Crippen molar-refractivity contribution >= 4 is 5.95 Å². The Hall–Kier alpha value is -1.10. The van der Waals surface area contributed by atoms with Crippen molar-refractivity contribution in [3.8, 4) is 0 Å². The van der Waals surface area contributed by atoms with Crippen molar-refractivity contribution in [2.75, 3.05) is 12.3 Å².